The number of benzene rings is 1. The third-order valence-corrected chi connectivity index (χ3v) is 4.26. The third-order valence-electron chi connectivity index (χ3n) is 4.26. The van der Waals surface area contributed by atoms with Gasteiger partial charge in [-0.15, -0.1) is 12.4 Å². The first kappa shape index (κ1) is 21.9. The fourth-order valence-electron chi connectivity index (χ4n) is 2.66. The molecule has 2 aromatic rings. The van der Waals surface area contributed by atoms with Gasteiger partial charge in [-0.2, -0.15) is 0 Å². The van der Waals surface area contributed by atoms with Crippen molar-refractivity contribution in [2.45, 2.75) is 53.0 Å². The number of anilines is 1. The SMILES string of the molecule is Cc1cc(C(C)(C)C)ccc1-c1cc(=O)c(NC(=O)[C@@H](C)N)c(C)[nH]1.Cl. The summed E-state index contributed by atoms with van der Waals surface area (Å²) in [5.41, 5.74) is 10.3. The number of aryl methyl sites for hydroxylation is 2. The molecule has 0 bridgehead atoms. The van der Waals surface area contributed by atoms with Crippen LogP contribution in [0, 0.1) is 13.8 Å². The van der Waals surface area contributed by atoms with Crippen LogP contribution in [0.5, 0.6) is 0 Å². The number of amides is 1. The molecule has 0 saturated carbocycles. The molecule has 26 heavy (non-hydrogen) atoms. The molecule has 1 heterocycles. The van der Waals surface area contributed by atoms with Crippen LogP contribution in [0.4, 0.5) is 5.69 Å². The van der Waals surface area contributed by atoms with E-state index in [1.807, 2.05) is 13.0 Å². The Morgan fingerprint density at radius 3 is 2.27 bits per heavy atom. The number of nitrogens with one attached hydrogen (secondary N) is 2. The number of hydrogen-bond acceptors (Lipinski definition) is 3. The molecule has 0 aliphatic carbocycles. The Morgan fingerprint density at radius 2 is 1.81 bits per heavy atom. The van der Waals surface area contributed by atoms with E-state index in [1.165, 1.54) is 11.6 Å². The second kappa shape index (κ2) is 8.06. The van der Waals surface area contributed by atoms with E-state index in [9.17, 15) is 9.59 Å². The van der Waals surface area contributed by atoms with Crippen LogP contribution in [0.25, 0.3) is 11.3 Å². The number of aromatic nitrogens is 1. The summed E-state index contributed by atoms with van der Waals surface area (Å²) in [7, 11) is 0. The average Bonchev–Trinajstić information content (AvgIpc) is 2.49. The van der Waals surface area contributed by atoms with Crippen molar-refractivity contribution in [3.05, 3.63) is 51.3 Å². The van der Waals surface area contributed by atoms with Crippen molar-refractivity contribution >= 4 is 24.0 Å². The molecule has 0 spiro atoms. The van der Waals surface area contributed by atoms with Gasteiger partial charge in [0.2, 0.25) is 11.3 Å². The second-order valence-electron chi connectivity index (χ2n) is 7.60. The van der Waals surface area contributed by atoms with Gasteiger partial charge >= 0.3 is 0 Å². The van der Waals surface area contributed by atoms with Crippen molar-refractivity contribution in [1.82, 2.24) is 4.98 Å². The summed E-state index contributed by atoms with van der Waals surface area (Å²) < 4.78 is 0. The number of pyridine rings is 1. The maximum atomic E-state index is 12.5. The maximum Gasteiger partial charge on any atom is 0.241 e. The topological polar surface area (TPSA) is 88.0 Å². The van der Waals surface area contributed by atoms with Crippen molar-refractivity contribution in [3.8, 4) is 11.3 Å². The highest BCUT2D eigenvalue weighted by atomic mass is 35.5. The van der Waals surface area contributed by atoms with Gasteiger partial charge in [0.05, 0.1) is 6.04 Å². The number of carbonyl (C=O) groups is 1. The Hall–Kier alpha value is -2.11. The zero-order valence-corrected chi connectivity index (χ0v) is 17.0. The minimum Gasteiger partial charge on any atom is -0.357 e. The lowest BCUT2D eigenvalue weighted by Gasteiger charge is -2.21. The lowest BCUT2D eigenvalue weighted by Crippen LogP contribution is -2.34. The predicted molar refractivity (Wildman–Crippen MR) is 110 cm³/mol. The summed E-state index contributed by atoms with van der Waals surface area (Å²) in [5.74, 6) is -0.382. The summed E-state index contributed by atoms with van der Waals surface area (Å²) >= 11 is 0. The van der Waals surface area contributed by atoms with Crippen LogP contribution in [0.15, 0.2) is 29.1 Å². The van der Waals surface area contributed by atoms with Gasteiger partial charge in [-0.3, -0.25) is 9.59 Å². The van der Waals surface area contributed by atoms with Crippen LogP contribution >= 0.6 is 12.4 Å². The minimum atomic E-state index is -0.675. The number of carbonyl (C=O) groups excluding carboxylic acids is 1. The first-order valence-corrected chi connectivity index (χ1v) is 8.42. The maximum absolute atomic E-state index is 12.5. The normalized spacial score (nSPS) is 12.3. The van der Waals surface area contributed by atoms with E-state index >= 15 is 0 Å². The summed E-state index contributed by atoms with van der Waals surface area (Å²) in [6, 6.07) is 7.10. The van der Waals surface area contributed by atoms with Gasteiger partial charge in [0.25, 0.3) is 0 Å². The van der Waals surface area contributed by atoms with Crippen LogP contribution < -0.4 is 16.5 Å². The monoisotopic (exact) mass is 377 g/mol. The Labute approximate surface area is 160 Å². The number of nitrogens with two attached hydrogens (primary N) is 1. The van der Waals surface area contributed by atoms with E-state index in [1.54, 1.807) is 13.8 Å². The fourth-order valence-corrected chi connectivity index (χ4v) is 2.66. The molecule has 4 N–H and O–H groups in total. The zero-order valence-electron chi connectivity index (χ0n) is 16.2. The fraction of sp³-hybridized carbons (Fsp3) is 0.400. The van der Waals surface area contributed by atoms with E-state index in [-0.39, 0.29) is 34.8 Å². The van der Waals surface area contributed by atoms with Gasteiger partial charge in [-0.05, 0) is 37.3 Å². The third kappa shape index (κ3) is 4.74. The molecule has 1 aromatic carbocycles. The van der Waals surface area contributed by atoms with Gasteiger partial charge in [-0.25, -0.2) is 0 Å². The van der Waals surface area contributed by atoms with Gasteiger partial charge in [-0.1, -0.05) is 39.0 Å². The Morgan fingerprint density at radius 1 is 1.19 bits per heavy atom. The smallest absolute Gasteiger partial charge is 0.241 e. The lowest BCUT2D eigenvalue weighted by molar-refractivity contribution is -0.117. The number of rotatable bonds is 3. The standard InChI is InChI=1S/C20H27N3O2.ClH/c1-11-9-14(20(4,5)6)7-8-15(11)16-10-17(24)18(13(3)22-16)23-19(25)12(2)21;/h7-10,12H,21H2,1-6H3,(H,22,24)(H,23,25);1H/t12-;/m1./s1. The molecular formula is C20H28ClN3O2. The molecule has 142 valence electrons. The van der Waals surface area contributed by atoms with Crippen LogP contribution in [0.1, 0.15) is 44.5 Å². The molecule has 0 aliphatic heterocycles. The second-order valence-corrected chi connectivity index (χ2v) is 7.60. The predicted octanol–water partition coefficient (Wildman–Crippen LogP) is 3.66. The Bertz CT molecular complexity index is 864. The van der Waals surface area contributed by atoms with Crippen LogP contribution in [0.2, 0.25) is 0 Å². The first-order valence-electron chi connectivity index (χ1n) is 8.42. The van der Waals surface area contributed by atoms with E-state index in [0.29, 0.717) is 5.69 Å². The summed E-state index contributed by atoms with van der Waals surface area (Å²) in [4.78, 5) is 27.4. The molecule has 5 nitrogen and oxygen atoms in total. The number of hydrogen-bond donors (Lipinski definition) is 3. The minimum absolute atomic E-state index is 0. The van der Waals surface area contributed by atoms with E-state index in [2.05, 4.69) is 43.2 Å². The number of halogens is 1. The van der Waals surface area contributed by atoms with Crippen molar-refractivity contribution < 1.29 is 4.79 Å². The quantitative estimate of drug-likeness (QED) is 0.762. The van der Waals surface area contributed by atoms with Gasteiger partial charge in [0.1, 0.15) is 5.69 Å². The molecule has 0 saturated heterocycles. The first-order chi connectivity index (χ1) is 11.5. The van der Waals surface area contributed by atoms with Gasteiger partial charge < -0.3 is 16.0 Å². The molecular weight excluding hydrogens is 350 g/mol. The molecule has 0 aliphatic rings. The van der Waals surface area contributed by atoms with Crippen molar-refractivity contribution in [2.24, 2.45) is 5.73 Å². The van der Waals surface area contributed by atoms with Gasteiger partial charge in [0, 0.05) is 23.0 Å². The molecule has 2 rings (SSSR count). The van der Waals surface area contributed by atoms with Crippen LogP contribution in [-0.4, -0.2) is 16.9 Å². The Kier molecular flexibility index (Phi) is 6.80. The average molecular weight is 378 g/mol. The summed E-state index contributed by atoms with van der Waals surface area (Å²) in [6.07, 6.45) is 0. The van der Waals surface area contributed by atoms with E-state index < -0.39 is 6.04 Å². The molecule has 0 unspecified atom stereocenters. The molecule has 0 fully saturated rings. The summed E-state index contributed by atoms with van der Waals surface area (Å²) in [6.45, 7) is 11.9. The van der Waals surface area contributed by atoms with Crippen molar-refractivity contribution in [3.63, 3.8) is 0 Å². The van der Waals surface area contributed by atoms with Crippen molar-refractivity contribution in [2.75, 3.05) is 5.32 Å². The highest BCUT2D eigenvalue weighted by Crippen LogP contribution is 2.28. The number of aromatic amines is 1. The van der Waals surface area contributed by atoms with E-state index in [4.69, 9.17) is 5.73 Å². The molecule has 1 aromatic heterocycles. The molecule has 6 heteroatoms. The number of H-pyrrole nitrogens is 1. The summed E-state index contributed by atoms with van der Waals surface area (Å²) in [5, 5.41) is 2.59. The molecule has 1 amide bonds. The molecule has 1 atom stereocenters. The van der Waals surface area contributed by atoms with Crippen LogP contribution in [0.3, 0.4) is 0 Å². The van der Waals surface area contributed by atoms with Crippen LogP contribution in [-0.2, 0) is 10.2 Å². The van der Waals surface area contributed by atoms with Crippen molar-refractivity contribution in [1.29, 1.82) is 0 Å². The van der Waals surface area contributed by atoms with Gasteiger partial charge in [0.15, 0.2) is 0 Å². The Balaban J connectivity index is 0.00000338. The van der Waals surface area contributed by atoms with E-state index in [0.717, 1.165) is 16.8 Å². The molecule has 0 radical (unpaired) electrons. The zero-order chi connectivity index (χ0) is 18.9. The highest BCUT2D eigenvalue weighted by molar-refractivity contribution is 5.94. The highest BCUT2D eigenvalue weighted by Gasteiger charge is 2.17. The largest absolute Gasteiger partial charge is 0.357 e. The lowest BCUT2D eigenvalue weighted by atomic mass is 9.85.